The van der Waals surface area contributed by atoms with Crippen LogP contribution in [0.2, 0.25) is 0 Å². The van der Waals surface area contributed by atoms with Crippen molar-refractivity contribution in [2.45, 2.75) is 13.5 Å². The van der Waals surface area contributed by atoms with E-state index in [0.717, 1.165) is 17.3 Å². The Hall–Kier alpha value is -1.97. The Morgan fingerprint density at radius 3 is 2.44 bits per heavy atom. The number of hydrogen-bond donors (Lipinski definition) is 0. The average Bonchev–Trinajstić information content (AvgIpc) is 2.73. The Kier molecular flexibility index (Phi) is 3.10. The van der Waals surface area contributed by atoms with Crippen molar-refractivity contribution in [3.05, 3.63) is 42.1 Å². The van der Waals surface area contributed by atoms with E-state index in [0.29, 0.717) is 12.5 Å². The number of methoxy groups -OCH3 is 1. The third-order valence-corrected chi connectivity index (χ3v) is 2.09. The van der Waals surface area contributed by atoms with Gasteiger partial charge in [-0.3, -0.25) is 0 Å². The Bertz CT molecular complexity index is 448. The minimum absolute atomic E-state index is 0.334. The molecule has 0 unspecified atom stereocenters. The van der Waals surface area contributed by atoms with Crippen molar-refractivity contribution in [3.8, 4) is 11.5 Å². The second kappa shape index (κ2) is 4.70. The molecule has 0 amide bonds. The lowest BCUT2D eigenvalue weighted by Crippen LogP contribution is -1.95. The molecule has 0 radical (unpaired) electrons. The van der Waals surface area contributed by atoms with Crippen LogP contribution in [0.3, 0.4) is 0 Å². The second-order valence-electron chi connectivity index (χ2n) is 3.33. The summed E-state index contributed by atoms with van der Waals surface area (Å²) in [6, 6.07) is 7.37. The third kappa shape index (κ3) is 2.53. The fraction of sp³-hybridized carbons (Fsp3) is 0.250. The van der Waals surface area contributed by atoms with Gasteiger partial charge < -0.3 is 13.9 Å². The first-order chi connectivity index (χ1) is 7.78. The van der Waals surface area contributed by atoms with E-state index in [1.807, 2.05) is 31.2 Å². The maximum atomic E-state index is 5.49. The summed E-state index contributed by atoms with van der Waals surface area (Å²) in [6.07, 6.45) is 1.67. The zero-order valence-corrected chi connectivity index (χ0v) is 9.27. The van der Waals surface area contributed by atoms with Gasteiger partial charge in [0, 0.05) is 0 Å². The fourth-order valence-corrected chi connectivity index (χ4v) is 1.29. The molecule has 0 spiro atoms. The van der Waals surface area contributed by atoms with Crippen molar-refractivity contribution in [2.75, 3.05) is 7.11 Å². The molecule has 0 aliphatic carbocycles. The van der Waals surface area contributed by atoms with Gasteiger partial charge in [-0.1, -0.05) is 0 Å². The van der Waals surface area contributed by atoms with Crippen LogP contribution in [-0.4, -0.2) is 12.1 Å². The minimum atomic E-state index is 0.334. The third-order valence-electron chi connectivity index (χ3n) is 2.09. The van der Waals surface area contributed by atoms with E-state index < -0.39 is 0 Å². The van der Waals surface area contributed by atoms with E-state index in [1.54, 1.807) is 13.3 Å². The highest BCUT2D eigenvalue weighted by Crippen LogP contribution is 2.18. The largest absolute Gasteiger partial charge is 0.497 e. The van der Waals surface area contributed by atoms with Crippen LogP contribution in [0, 0.1) is 6.92 Å². The van der Waals surface area contributed by atoms with Crippen LogP contribution >= 0.6 is 0 Å². The van der Waals surface area contributed by atoms with Crippen LogP contribution in [-0.2, 0) is 6.61 Å². The van der Waals surface area contributed by atoms with Gasteiger partial charge >= 0.3 is 0 Å². The summed E-state index contributed by atoms with van der Waals surface area (Å²) in [6.45, 7) is 2.18. The number of benzene rings is 1. The van der Waals surface area contributed by atoms with Gasteiger partial charge in [0.05, 0.1) is 13.3 Å². The molecule has 1 aromatic heterocycles. The van der Waals surface area contributed by atoms with Crippen molar-refractivity contribution in [3.63, 3.8) is 0 Å². The molecule has 0 bridgehead atoms. The lowest BCUT2D eigenvalue weighted by atomic mass is 10.3. The fourth-order valence-electron chi connectivity index (χ4n) is 1.29. The second-order valence-corrected chi connectivity index (χ2v) is 3.33. The molecule has 0 atom stereocenters. The zero-order valence-electron chi connectivity index (χ0n) is 9.27. The van der Waals surface area contributed by atoms with Crippen molar-refractivity contribution in [1.29, 1.82) is 0 Å². The zero-order chi connectivity index (χ0) is 11.4. The average molecular weight is 219 g/mol. The Morgan fingerprint density at radius 1 is 1.19 bits per heavy atom. The summed E-state index contributed by atoms with van der Waals surface area (Å²) >= 11 is 0. The van der Waals surface area contributed by atoms with Gasteiger partial charge in [-0.05, 0) is 31.2 Å². The molecular formula is C12H13NO3. The van der Waals surface area contributed by atoms with Crippen LogP contribution < -0.4 is 9.47 Å². The molecule has 1 aromatic carbocycles. The van der Waals surface area contributed by atoms with Gasteiger partial charge in [-0.15, -0.1) is 0 Å². The number of rotatable bonds is 4. The van der Waals surface area contributed by atoms with E-state index in [2.05, 4.69) is 4.98 Å². The Labute approximate surface area is 93.8 Å². The van der Waals surface area contributed by atoms with Crippen LogP contribution in [0.5, 0.6) is 11.5 Å². The smallest absolute Gasteiger partial charge is 0.232 e. The van der Waals surface area contributed by atoms with Crippen molar-refractivity contribution in [2.24, 2.45) is 0 Å². The molecule has 0 aliphatic heterocycles. The maximum Gasteiger partial charge on any atom is 0.232 e. The number of aromatic nitrogens is 1. The topological polar surface area (TPSA) is 44.5 Å². The Balaban J connectivity index is 1.94. The lowest BCUT2D eigenvalue weighted by Gasteiger charge is -2.04. The van der Waals surface area contributed by atoms with E-state index in [-0.39, 0.29) is 0 Å². The summed E-state index contributed by atoms with van der Waals surface area (Å²) < 4.78 is 15.8. The van der Waals surface area contributed by atoms with Gasteiger partial charge in [0.25, 0.3) is 0 Å². The molecule has 0 saturated heterocycles. The molecule has 16 heavy (non-hydrogen) atoms. The predicted octanol–water partition coefficient (Wildman–Crippen LogP) is 2.57. The highest BCUT2D eigenvalue weighted by atomic mass is 16.5. The minimum Gasteiger partial charge on any atom is -0.497 e. The van der Waals surface area contributed by atoms with Crippen molar-refractivity contribution < 1.29 is 13.9 Å². The monoisotopic (exact) mass is 219 g/mol. The maximum absolute atomic E-state index is 5.49. The van der Waals surface area contributed by atoms with Crippen LogP contribution in [0.4, 0.5) is 0 Å². The highest BCUT2D eigenvalue weighted by Gasteiger charge is 2.01. The molecule has 0 N–H and O–H groups in total. The lowest BCUT2D eigenvalue weighted by molar-refractivity contribution is 0.260. The molecule has 2 aromatic rings. The first-order valence-electron chi connectivity index (χ1n) is 4.96. The SMILES string of the molecule is COc1ccc(OCc2ncc(C)o2)cc1. The van der Waals surface area contributed by atoms with Gasteiger partial charge in [-0.2, -0.15) is 0 Å². The molecular weight excluding hydrogens is 206 g/mol. The van der Waals surface area contributed by atoms with Crippen LogP contribution in [0.15, 0.2) is 34.9 Å². The van der Waals surface area contributed by atoms with Gasteiger partial charge in [0.1, 0.15) is 17.3 Å². The summed E-state index contributed by atoms with van der Waals surface area (Å²) in [5, 5.41) is 0. The first kappa shape index (κ1) is 10.5. The van der Waals surface area contributed by atoms with Gasteiger partial charge in [-0.25, -0.2) is 4.98 Å². The van der Waals surface area contributed by atoms with Gasteiger partial charge in [0.2, 0.25) is 5.89 Å². The summed E-state index contributed by atoms with van der Waals surface area (Å²) in [5.74, 6) is 2.93. The van der Waals surface area contributed by atoms with Gasteiger partial charge in [0.15, 0.2) is 6.61 Å². The summed E-state index contributed by atoms with van der Waals surface area (Å²) in [4.78, 5) is 4.05. The van der Waals surface area contributed by atoms with Crippen molar-refractivity contribution >= 4 is 0 Å². The number of hydrogen-bond acceptors (Lipinski definition) is 4. The van der Waals surface area contributed by atoms with E-state index in [9.17, 15) is 0 Å². The van der Waals surface area contributed by atoms with Crippen LogP contribution in [0.25, 0.3) is 0 Å². The quantitative estimate of drug-likeness (QED) is 0.792. The van der Waals surface area contributed by atoms with E-state index in [4.69, 9.17) is 13.9 Å². The van der Waals surface area contributed by atoms with Crippen molar-refractivity contribution in [1.82, 2.24) is 4.98 Å². The van der Waals surface area contributed by atoms with E-state index >= 15 is 0 Å². The van der Waals surface area contributed by atoms with E-state index in [1.165, 1.54) is 0 Å². The molecule has 84 valence electrons. The number of nitrogens with zero attached hydrogens (tertiary/aromatic N) is 1. The predicted molar refractivity (Wildman–Crippen MR) is 58.6 cm³/mol. The first-order valence-corrected chi connectivity index (χ1v) is 4.96. The summed E-state index contributed by atoms with van der Waals surface area (Å²) in [5.41, 5.74) is 0. The summed E-state index contributed by atoms with van der Waals surface area (Å²) in [7, 11) is 1.63. The molecule has 1 heterocycles. The molecule has 0 aliphatic rings. The van der Waals surface area contributed by atoms with Crippen LogP contribution in [0.1, 0.15) is 11.7 Å². The molecule has 4 heteroatoms. The normalized spacial score (nSPS) is 10.1. The molecule has 2 rings (SSSR count). The number of oxazole rings is 1. The Morgan fingerprint density at radius 2 is 1.88 bits per heavy atom. The molecule has 0 fully saturated rings. The standard InChI is InChI=1S/C12H13NO3/c1-9-7-13-12(16-9)8-15-11-5-3-10(14-2)4-6-11/h3-7H,8H2,1-2H3. The highest BCUT2D eigenvalue weighted by molar-refractivity contribution is 5.31. The number of aryl methyl sites for hydroxylation is 1. The molecule has 0 saturated carbocycles. The number of ether oxygens (including phenoxy) is 2. The molecule has 4 nitrogen and oxygen atoms in total.